The predicted octanol–water partition coefficient (Wildman–Crippen LogP) is 7.42. The Bertz CT molecular complexity index is 927. The number of ether oxygens (including phenoxy) is 1. The molecule has 4 atom stereocenters. The maximum absolute atomic E-state index is 13.5. The van der Waals surface area contributed by atoms with Crippen LogP contribution in [0.5, 0.6) is 11.5 Å². The SMILES string of the molecule is C=C(C[18F])C[C@]1(O)C[C@H]2c3cc(O[Si](C)(C)C(C)(C)C)c(OC)cc3CCN2C[C@@H]1CC(C)CC.S.S.S. The second-order valence-electron chi connectivity index (χ2n) is 12.6. The number of aliphatic hydroxyl groups is 1. The second-order valence-corrected chi connectivity index (χ2v) is 17.4. The summed E-state index contributed by atoms with van der Waals surface area (Å²) >= 11 is 0. The first-order chi connectivity index (χ1) is 16.2. The summed E-state index contributed by atoms with van der Waals surface area (Å²) in [5.41, 5.74) is 2.01. The van der Waals surface area contributed by atoms with Crippen molar-refractivity contribution < 1.29 is 18.7 Å². The fourth-order valence-corrected chi connectivity index (χ4v) is 6.50. The normalized spacial score (nSPS) is 23.9. The van der Waals surface area contributed by atoms with Crippen molar-refractivity contribution in [2.24, 2.45) is 11.8 Å². The van der Waals surface area contributed by atoms with Crippen LogP contribution < -0.4 is 9.16 Å². The van der Waals surface area contributed by atoms with Gasteiger partial charge in [0.1, 0.15) is 12.4 Å². The average molecular weight is 607 g/mol. The second kappa shape index (κ2) is 14.5. The van der Waals surface area contributed by atoms with E-state index in [4.69, 9.17) is 9.16 Å². The fourth-order valence-electron chi connectivity index (χ4n) is 5.48. The van der Waals surface area contributed by atoms with Gasteiger partial charge in [0.25, 0.3) is 8.32 Å². The van der Waals surface area contributed by atoms with Crippen LogP contribution in [0.3, 0.4) is 0 Å². The summed E-state index contributed by atoms with van der Waals surface area (Å²) in [5, 5.41) is 12.1. The molecule has 0 saturated carbocycles. The fraction of sp³-hybridized carbons (Fsp3) is 0.724. The molecule has 0 spiro atoms. The monoisotopic (exact) mass is 606 g/mol. The van der Waals surface area contributed by atoms with Crippen molar-refractivity contribution in [2.75, 3.05) is 26.9 Å². The summed E-state index contributed by atoms with van der Waals surface area (Å²) < 4.78 is 26.0. The molecule has 9 heteroatoms. The third-order valence-corrected chi connectivity index (χ3v) is 13.3. The lowest BCUT2D eigenvalue weighted by Crippen LogP contribution is -2.55. The van der Waals surface area contributed by atoms with Gasteiger partial charge in [-0.2, -0.15) is 40.5 Å². The topological polar surface area (TPSA) is 41.9 Å². The largest absolute Gasteiger partial charge is 0.541 e. The predicted molar refractivity (Wildman–Crippen MR) is 177 cm³/mol. The molecule has 1 saturated heterocycles. The van der Waals surface area contributed by atoms with Crippen molar-refractivity contribution in [2.45, 2.75) is 96.5 Å². The highest BCUT2D eigenvalue weighted by Crippen LogP contribution is 2.50. The van der Waals surface area contributed by atoms with Crippen LogP contribution in [-0.4, -0.2) is 50.8 Å². The summed E-state index contributed by atoms with van der Waals surface area (Å²) in [6.07, 6.45) is 3.90. The number of rotatable bonds is 9. The Morgan fingerprint density at radius 3 is 2.39 bits per heavy atom. The molecule has 1 unspecified atom stereocenters. The van der Waals surface area contributed by atoms with Gasteiger partial charge in [-0.15, -0.1) is 0 Å². The Hall–Kier alpha value is -0.323. The molecule has 1 N–H and O–H groups in total. The zero-order valence-electron chi connectivity index (χ0n) is 24.8. The number of fused-ring (bicyclic) bond motifs is 3. The van der Waals surface area contributed by atoms with Crippen LogP contribution in [-0.2, 0) is 6.42 Å². The highest BCUT2D eigenvalue weighted by Gasteiger charge is 2.48. The number of benzene rings is 1. The van der Waals surface area contributed by atoms with E-state index in [0.29, 0.717) is 24.3 Å². The third kappa shape index (κ3) is 8.12. The molecule has 1 aromatic carbocycles. The molecule has 0 aromatic heterocycles. The summed E-state index contributed by atoms with van der Waals surface area (Å²) in [5.74, 6) is 2.22. The average Bonchev–Trinajstić information content (AvgIpc) is 2.78. The van der Waals surface area contributed by atoms with E-state index in [1.165, 1.54) is 11.1 Å². The van der Waals surface area contributed by atoms with Crippen molar-refractivity contribution in [1.82, 2.24) is 4.90 Å². The van der Waals surface area contributed by atoms with Gasteiger partial charge in [0.15, 0.2) is 5.75 Å². The minimum Gasteiger partial charge on any atom is -0.541 e. The Kier molecular flexibility index (Phi) is 14.4. The maximum atomic E-state index is 13.5. The van der Waals surface area contributed by atoms with Gasteiger partial charge < -0.3 is 14.3 Å². The van der Waals surface area contributed by atoms with Crippen LogP contribution in [0.1, 0.15) is 77.5 Å². The van der Waals surface area contributed by atoms with E-state index in [1.807, 2.05) is 0 Å². The summed E-state index contributed by atoms with van der Waals surface area (Å²) in [4.78, 5) is 2.53. The number of halogens is 1. The van der Waals surface area contributed by atoms with E-state index in [9.17, 15) is 9.50 Å². The number of piperidine rings is 1. The lowest BCUT2D eigenvalue weighted by atomic mass is 9.68. The van der Waals surface area contributed by atoms with Crippen molar-refractivity contribution in [3.8, 4) is 11.5 Å². The summed E-state index contributed by atoms with van der Waals surface area (Å²) in [6, 6.07) is 4.39. The molecule has 0 bridgehead atoms. The van der Waals surface area contributed by atoms with Crippen LogP contribution in [0, 0.1) is 11.8 Å². The molecule has 1 fully saturated rings. The van der Waals surface area contributed by atoms with Crippen molar-refractivity contribution >= 4 is 48.8 Å². The molecule has 2 aliphatic rings. The maximum Gasteiger partial charge on any atom is 0.250 e. The highest BCUT2D eigenvalue weighted by molar-refractivity contribution is 7.59. The van der Waals surface area contributed by atoms with Crippen molar-refractivity contribution in [3.05, 3.63) is 35.4 Å². The van der Waals surface area contributed by atoms with E-state index in [0.717, 1.165) is 43.9 Å². The number of nitrogens with zero attached hydrogens (tertiary/aromatic N) is 1. The standard InChI is InChI=1S/C29H48FNO3Si.3H2S/c1-10-20(2)13-23-19-31-12-11-22-14-26(33-7)27(34-35(8,9)28(4,5)6)15-24(22)25(31)17-29(23,32)16-21(3)18-30;;;/h14-15,20,23,25,32H,3,10-13,16-19H2,1-2,4-9H3;3*1H2/t20?,23-,25-,29-;;;/m0.../s1/i30-1;;;. The lowest BCUT2D eigenvalue weighted by molar-refractivity contribution is -0.104. The van der Waals surface area contributed by atoms with Gasteiger partial charge >= 0.3 is 0 Å². The summed E-state index contributed by atoms with van der Waals surface area (Å²) in [6.45, 7) is 20.8. The number of hydrogen-bond donors (Lipinski definition) is 1. The van der Waals surface area contributed by atoms with Gasteiger partial charge in [0, 0.05) is 25.0 Å². The van der Waals surface area contributed by atoms with Gasteiger partial charge in [-0.05, 0) is 78.6 Å². The van der Waals surface area contributed by atoms with Gasteiger partial charge in [0.05, 0.1) is 12.7 Å². The number of methoxy groups -OCH3 is 1. The van der Waals surface area contributed by atoms with Crippen LogP contribution in [0.25, 0.3) is 0 Å². The first kappa shape index (κ1) is 37.7. The zero-order chi connectivity index (χ0) is 26.2. The molecule has 38 heavy (non-hydrogen) atoms. The van der Waals surface area contributed by atoms with Crippen LogP contribution in [0.4, 0.5) is 4.39 Å². The summed E-state index contributed by atoms with van der Waals surface area (Å²) in [7, 11) is -0.362. The van der Waals surface area contributed by atoms with E-state index in [-0.39, 0.29) is 57.5 Å². The number of hydrogen-bond acceptors (Lipinski definition) is 4. The highest BCUT2D eigenvalue weighted by atomic mass is 32.1. The molecule has 3 rings (SSSR count). The lowest BCUT2D eigenvalue weighted by Gasteiger charge is -2.52. The first-order valence-electron chi connectivity index (χ1n) is 13.3. The Morgan fingerprint density at radius 1 is 1.24 bits per heavy atom. The van der Waals surface area contributed by atoms with E-state index in [2.05, 4.69) is 71.3 Å². The van der Waals surface area contributed by atoms with E-state index < -0.39 is 20.6 Å². The van der Waals surface area contributed by atoms with Gasteiger partial charge in [-0.3, -0.25) is 4.90 Å². The molecule has 222 valence electrons. The molecule has 0 aliphatic carbocycles. The Morgan fingerprint density at radius 2 is 1.87 bits per heavy atom. The van der Waals surface area contributed by atoms with Crippen molar-refractivity contribution in [3.63, 3.8) is 0 Å². The zero-order valence-corrected chi connectivity index (χ0v) is 28.8. The molecule has 4 nitrogen and oxygen atoms in total. The Balaban J connectivity index is 0.00000456. The quantitative estimate of drug-likeness (QED) is 0.235. The third-order valence-electron chi connectivity index (χ3n) is 8.96. The van der Waals surface area contributed by atoms with Crippen LogP contribution in [0.15, 0.2) is 24.3 Å². The smallest absolute Gasteiger partial charge is 0.250 e. The minimum atomic E-state index is -2.07. The molecule has 1 aromatic rings. The molecule has 2 heterocycles. The van der Waals surface area contributed by atoms with Gasteiger partial charge in [0.2, 0.25) is 0 Å². The minimum absolute atomic E-state index is 0. The molecule has 0 radical (unpaired) electrons. The van der Waals surface area contributed by atoms with Gasteiger partial charge in [-0.1, -0.05) is 47.6 Å². The molecular formula is C29H54FNO3S3Si. The van der Waals surface area contributed by atoms with Crippen LogP contribution >= 0.6 is 40.5 Å². The number of alkyl halides is 1. The van der Waals surface area contributed by atoms with Crippen molar-refractivity contribution in [1.29, 1.82) is 0 Å². The van der Waals surface area contributed by atoms with Crippen LogP contribution in [0.2, 0.25) is 18.1 Å². The van der Waals surface area contributed by atoms with E-state index >= 15 is 0 Å². The molecular weight excluding hydrogens is 553 g/mol. The van der Waals surface area contributed by atoms with Gasteiger partial charge in [-0.25, -0.2) is 4.39 Å². The molecule has 2 aliphatic heterocycles. The molecule has 0 amide bonds. The first-order valence-corrected chi connectivity index (χ1v) is 16.2. The van der Waals surface area contributed by atoms with E-state index in [1.54, 1.807) is 7.11 Å². The Labute approximate surface area is 253 Å².